The van der Waals surface area contributed by atoms with Crippen molar-refractivity contribution in [2.75, 3.05) is 31.6 Å². The lowest BCUT2D eigenvalue weighted by molar-refractivity contribution is -0.132. The number of ether oxygens (including phenoxy) is 2. The van der Waals surface area contributed by atoms with Crippen LogP contribution in [0.3, 0.4) is 0 Å². The van der Waals surface area contributed by atoms with Crippen molar-refractivity contribution in [1.82, 2.24) is 4.90 Å². The number of allylic oxidation sites excluding steroid dienone is 1. The van der Waals surface area contributed by atoms with Crippen LogP contribution in [0.4, 0.5) is 5.69 Å². The highest BCUT2D eigenvalue weighted by Gasteiger charge is 2.11. The summed E-state index contributed by atoms with van der Waals surface area (Å²) in [6.45, 7) is 7.24. The number of likely N-dealkylation sites (N-methyl/N-ethyl adjacent to an activating group) is 1. The molecule has 0 amide bonds. The summed E-state index contributed by atoms with van der Waals surface area (Å²) in [5.41, 5.74) is 1.79. The van der Waals surface area contributed by atoms with E-state index in [0.717, 1.165) is 18.7 Å². The average Bonchev–Trinajstić information content (AvgIpc) is 2.80. The maximum atomic E-state index is 12.2. The first-order valence-electron chi connectivity index (χ1n) is 10.4. The van der Waals surface area contributed by atoms with Crippen LogP contribution in [0, 0.1) is 0 Å². The van der Waals surface area contributed by atoms with E-state index in [-0.39, 0.29) is 5.70 Å². The highest BCUT2D eigenvalue weighted by Crippen LogP contribution is 2.15. The fourth-order valence-corrected chi connectivity index (χ4v) is 2.91. The summed E-state index contributed by atoms with van der Waals surface area (Å²) in [5, 5.41) is 12.3. The van der Waals surface area contributed by atoms with Crippen LogP contribution in [-0.4, -0.2) is 54.7 Å². The zero-order chi connectivity index (χ0) is 23.3. The summed E-state index contributed by atoms with van der Waals surface area (Å²) in [5.74, 6) is -1.11. The molecule has 0 saturated carbocycles. The fraction of sp³-hybridized carbons (Fsp3) is 0.292. The van der Waals surface area contributed by atoms with E-state index in [1.807, 2.05) is 0 Å². The molecule has 170 valence electrons. The number of carbonyl (C=O) groups excluding carboxylic acids is 2. The summed E-state index contributed by atoms with van der Waals surface area (Å²) >= 11 is 0. The Balaban J connectivity index is 1.95. The minimum atomic E-state index is -1.11. The van der Waals surface area contributed by atoms with Crippen LogP contribution in [0.15, 0.2) is 60.3 Å². The van der Waals surface area contributed by atoms with Crippen molar-refractivity contribution in [2.45, 2.75) is 20.3 Å². The van der Waals surface area contributed by atoms with Crippen LogP contribution in [0.25, 0.3) is 0 Å². The third kappa shape index (κ3) is 7.88. The minimum Gasteiger partial charge on any atom is -0.477 e. The standard InChI is InChI=1S/C24H28N2O6/c1-3-26(4-2)15-16-31-24(30)19-8-10-20(11-9-19)25-22(23(28)29)14-7-18-5-12-21(13-6-18)32-17-27/h5-6,8-14,17,25H,3-4,7,15-16H2,1-2H3,(H,28,29)/b22-14+. The van der Waals surface area contributed by atoms with Gasteiger partial charge in [-0.25, -0.2) is 9.59 Å². The number of hydrogen-bond acceptors (Lipinski definition) is 7. The third-order valence-electron chi connectivity index (χ3n) is 4.81. The van der Waals surface area contributed by atoms with Crippen molar-refractivity contribution in [1.29, 1.82) is 0 Å². The lowest BCUT2D eigenvalue weighted by Crippen LogP contribution is -2.27. The molecule has 0 aromatic heterocycles. The number of carboxylic acids is 1. The molecule has 32 heavy (non-hydrogen) atoms. The van der Waals surface area contributed by atoms with Crippen LogP contribution >= 0.6 is 0 Å². The van der Waals surface area contributed by atoms with Crippen LogP contribution in [0.1, 0.15) is 29.8 Å². The molecule has 0 fully saturated rings. The second-order valence-corrected chi connectivity index (χ2v) is 6.85. The molecule has 0 saturated heterocycles. The predicted octanol–water partition coefficient (Wildman–Crippen LogP) is 3.34. The number of benzene rings is 2. The molecule has 0 radical (unpaired) electrons. The van der Waals surface area contributed by atoms with Gasteiger partial charge in [-0.3, -0.25) is 4.79 Å². The number of nitrogens with zero attached hydrogens (tertiary/aromatic N) is 1. The van der Waals surface area contributed by atoms with Crippen molar-refractivity contribution >= 4 is 24.1 Å². The van der Waals surface area contributed by atoms with E-state index in [0.29, 0.717) is 43.0 Å². The monoisotopic (exact) mass is 440 g/mol. The molecule has 2 rings (SSSR count). The van der Waals surface area contributed by atoms with E-state index in [1.54, 1.807) is 54.6 Å². The van der Waals surface area contributed by atoms with E-state index in [2.05, 4.69) is 24.1 Å². The summed E-state index contributed by atoms with van der Waals surface area (Å²) in [6, 6.07) is 13.2. The molecule has 8 nitrogen and oxygen atoms in total. The van der Waals surface area contributed by atoms with Crippen molar-refractivity contribution < 1.29 is 29.0 Å². The van der Waals surface area contributed by atoms with Crippen molar-refractivity contribution in [3.8, 4) is 5.75 Å². The molecule has 0 aliphatic carbocycles. The van der Waals surface area contributed by atoms with Crippen molar-refractivity contribution in [2.24, 2.45) is 0 Å². The second-order valence-electron chi connectivity index (χ2n) is 6.85. The lowest BCUT2D eigenvalue weighted by Gasteiger charge is -2.17. The lowest BCUT2D eigenvalue weighted by atomic mass is 10.1. The van der Waals surface area contributed by atoms with E-state index in [9.17, 15) is 19.5 Å². The Bertz CT molecular complexity index is 919. The Morgan fingerprint density at radius 1 is 1.03 bits per heavy atom. The van der Waals surface area contributed by atoms with Gasteiger partial charge in [-0.05, 0) is 67.5 Å². The summed E-state index contributed by atoms with van der Waals surface area (Å²) < 4.78 is 10.0. The van der Waals surface area contributed by atoms with Gasteiger partial charge in [-0.2, -0.15) is 0 Å². The van der Waals surface area contributed by atoms with Crippen LogP contribution in [0.2, 0.25) is 0 Å². The molecule has 0 spiro atoms. The summed E-state index contributed by atoms with van der Waals surface area (Å²) in [6.07, 6.45) is 1.92. The molecule has 2 aromatic rings. The van der Waals surface area contributed by atoms with Crippen molar-refractivity contribution in [3.63, 3.8) is 0 Å². The molecule has 0 unspecified atom stereocenters. The van der Waals surface area contributed by atoms with Gasteiger partial charge in [-0.15, -0.1) is 0 Å². The molecule has 8 heteroatoms. The Labute approximate surface area is 187 Å². The van der Waals surface area contributed by atoms with E-state index < -0.39 is 11.9 Å². The molecule has 0 atom stereocenters. The molecule has 0 aliphatic heterocycles. The van der Waals surface area contributed by atoms with Gasteiger partial charge in [0.1, 0.15) is 18.1 Å². The number of aliphatic carboxylic acids is 1. The molecule has 2 N–H and O–H groups in total. The van der Waals surface area contributed by atoms with E-state index >= 15 is 0 Å². The number of esters is 1. The first-order chi connectivity index (χ1) is 15.5. The average molecular weight is 440 g/mol. The molecular formula is C24H28N2O6. The summed E-state index contributed by atoms with van der Waals surface area (Å²) in [4.78, 5) is 36.3. The maximum absolute atomic E-state index is 12.2. The van der Waals surface area contributed by atoms with Gasteiger partial charge in [0, 0.05) is 12.2 Å². The number of hydrogen-bond donors (Lipinski definition) is 2. The molecule has 2 aromatic carbocycles. The first-order valence-corrected chi connectivity index (χ1v) is 10.4. The van der Waals surface area contributed by atoms with Gasteiger partial charge in [-0.1, -0.05) is 26.0 Å². The van der Waals surface area contributed by atoms with Gasteiger partial charge < -0.3 is 24.8 Å². The largest absolute Gasteiger partial charge is 0.477 e. The number of carboxylic acid groups (broad SMARTS) is 1. The predicted molar refractivity (Wildman–Crippen MR) is 121 cm³/mol. The molecule has 0 bridgehead atoms. The minimum absolute atomic E-state index is 0.00719. The SMILES string of the molecule is CCN(CC)CCOC(=O)c1ccc(N/C(=C/Cc2ccc(OC=O)cc2)C(=O)O)cc1. The molecule has 0 aliphatic rings. The third-order valence-corrected chi connectivity index (χ3v) is 4.81. The van der Waals surface area contributed by atoms with Crippen molar-refractivity contribution in [3.05, 3.63) is 71.4 Å². The van der Waals surface area contributed by atoms with E-state index in [4.69, 9.17) is 9.47 Å². The smallest absolute Gasteiger partial charge is 0.351 e. The highest BCUT2D eigenvalue weighted by molar-refractivity contribution is 5.92. The molecule has 0 heterocycles. The van der Waals surface area contributed by atoms with Crippen LogP contribution < -0.4 is 10.1 Å². The number of anilines is 1. The summed E-state index contributed by atoms with van der Waals surface area (Å²) in [7, 11) is 0. The normalized spacial score (nSPS) is 11.2. The Hall–Kier alpha value is -3.65. The first kappa shape index (κ1) is 24.6. The van der Waals surface area contributed by atoms with Crippen LogP contribution in [0.5, 0.6) is 5.75 Å². The van der Waals surface area contributed by atoms with Crippen LogP contribution in [-0.2, 0) is 20.7 Å². The quantitative estimate of drug-likeness (QED) is 0.278. The zero-order valence-electron chi connectivity index (χ0n) is 18.2. The Morgan fingerprint density at radius 3 is 2.25 bits per heavy atom. The molecular weight excluding hydrogens is 412 g/mol. The zero-order valence-corrected chi connectivity index (χ0v) is 18.2. The van der Waals surface area contributed by atoms with E-state index in [1.165, 1.54) is 0 Å². The highest BCUT2D eigenvalue weighted by atomic mass is 16.5. The maximum Gasteiger partial charge on any atom is 0.351 e. The number of rotatable bonds is 13. The Kier molecular flexibility index (Phi) is 9.93. The van der Waals surface area contributed by atoms with Gasteiger partial charge in [0.15, 0.2) is 0 Å². The van der Waals surface area contributed by atoms with Gasteiger partial charge in [0.25, 0.3) is 6.47 Å². The van der Waals surface area contributed by atoms with Gasteiger partial charge in [0.05, 0.1) is 5.56 Å². The fourth-order valence-electron chi connectivity index (χ4n) is 2.91. The topological polar surface area (TPSA) is 105 Å². The number of carbonyl (C=O) groups is 3. The number of nitrogens with one attached hydrogen (secondary N) is 1. The Morgan fingerprint density at radius 2 is 1.69 bits per heavy atom. The van der Waals surface area contributed by atoms with Gasteiger partial charge >= 0.3 is 11.9 Å². The van der Waals surface area contributed by atoms with Gasteiger partial charge in [0.2, 0.25) is 0 Å². The second kappa shape index (κ2) is 12.9.